The van der Waals surface area contributed by atoms with Crippen LogP contribution in [0.25, 0.3) is 0 Å². The molecule has 0 aromatic heterocycles. The second-order valence-corrected chi connectivity index (χ2v) is 4.93. The fourth-order valence-electron chi connectivity index (χ4n) is 1.45. The monoisotopic (exact) mass is 245 g/mol. The van der Waals surface area contributed by atoms with Gasteiger partial charge in [0.05, 0.1) is 17.5 Å². The minimum atomic E-state index is -0.501. The van der Waals surface area contributed by atoms with E-state index in [0.29, 0.717) is 5.57 Å². The zero-order chi connectivity index (χ0) is 13.2. The van der Waals surface area contributed by atoms with E-state index in [-0.39, 0.29) is 5.97 Å². The standard InChI is InChI=1S/C13H15N3O2/c1-13(2,3)18-12(17)9-4-5-10-8-14-16-15-11(10)7-6-9/h4-8,16H,1-3H3. The summed E-state index contributed by atoms with van der Waals surface area (Å²) in [7, 11) is 0. The number of carbonyl (C=O) groups excluding carboxylic acids is 1. The molecule has 0 bridgehead atoms. The lowest BCUT2D eigenvalue weighted by Gasteiger charge is -2.19. The SMILES string of the molecule is CC(C)(C)OC(=O)C1=CC=C2C=NNN=C2C=C1. The molecule has 0 saturated carbocycles. The van der Waals surface area contributed by atoms with E-state index < -0.39 is 5.60 Å². The lowest BCUT2D eigenvalue weighted by atomic mass is 10.1. The molecule has 2 aliphatic rings. The molecule has 0 radical (unpaired) electrons. The number of hydrogen-bond acceptors (Lipinski definition) is 5. The first-order valence-electron chi connectivity index (χ1n) is 5.65. The van der Waals surface area contributed by atoms with Crippen LogP contribution < -0.4 is 5.53 Å². The number of esters is 1. The summed E-state index contributed by atoms with van der Waals surface area (Å²) in [5, 5.41) is 7.83. The number of nitrogens with zero attached hydrogens (tertiary/aromatic N) is 2. The highest BCUT2D eigenvalue weighted by Gasteiger charge is 2.19. The third-order valence-corrected chi connectivity index (χ3v) is 2.23. The second kappa shape index (κ2) is 4.60. The van der Waals surface area contributed by atoms with Crippen molar-refractivity contribution in [1.82, 2.24) is 5.53 Å². The molecule has 5 nitrogen and oxygen atoms in total. The largest absolute Gasteiger partial charge is 0.456 e. The van der Waals surface area contributed by atoms with Crippen molar-refractivity contribution < 1.29 is 9.53 Å². The summed E-state index contributed by atoms with van der Waals surface area (Å²) < 4.78 is 5.31. The van der Waals surface area contributed by atoms with Gasteiger partial charge in [-0.2, -0.15) is 15.7 Å². The fraction of sp³-hybridized carbons (Fsp3) is 0.308. The van der Waals surface area contributed by atoms with Crippen LogP contribution in [0.15, 0.2) is 45.7 Å². The van der Waals surface area contributed by atoms with Crippen LogP contribution >= 0.6 is 0 Å². The van der Waals surface area contributed by atoms with Crippen molar-refractivity contribution >= 4 is 17.9 Å². The Morgan fingerprint density at radius 3 is 2.78 bits per heavy atom. The van der Waals surface area contributed by atoms with Crippen LogP contribution in [0.4, 0.5) is 0 Å². The molecule has 0 saturated heterocycles. The van der Waals surface area contributed by atoms with Crippen molar-refractivity contribution in [3.8, 4) is 0 Å². The Bertz CT molecular complexity index is 517. The van der Waals surface area contributed by atoms with Crippen molar-refractivity contribution in [3.63, 3.8) is 0 Å². The molecule has 1 heterocycles. The Morgan fingerprint density at radius 2 is 2.06 bits per heavy atom. The summed E-state index contributed by atoms with van der Waals surface area (Å²) in [6.07, 6.45) is 8.60. The first-order valence-corrected chi connectivity index (χ1v) is 5.65. The summed E-state index contributed by atoms with van der Waals surface area (Å²) in [4.78, 5) is 11.9. The Morgan fingerprint density at radius 1 is 1.28 bits per heavy atom. The molecular weight excluding hydrogens is 230 g/mol. The quantitative estimate of drug-likeness (QED) is 0.715. The average Bonchev–Trinajstić information content (AvgIpc) is 2.49. The van der Waals surface area contributed by atoms with E-state index in [2.05, 4.69) is 15.7 Å². The fourth-order valence-corrected chi connectivity index (χ4v) is 1.45. The van der Waals surface area contributed by atoms with E-state index in [9.17, 15) is 4.79 Å². The summed E-state index contributed by atoms with van der Waals surface area (Å²) in [6.45, 7) is 5.51. The van der Waals surface area contributed by atoms with Gasteiger partial charge < -0.3 is 4.74 Å². The minimum Gasteiger partial charge on any atom is -0.456 e. The minimum absolute atomic E-state index is 0.347. The zero-order valence-corrected chi connectivity index (χ0v) is 10.6. The van der Waals surface area contributed by atoms with Gasteiger partial charge in [-0.3, -0.25) is 0 Å². The molecular formula is C13H15N3O2. The third kappa shape index (κ3) is 2.94. The maximum atomic E-state index is 11.9. The summed E-state index contributed by atoms with van der Waals surface area (Å²) >= 11 is 0. The normalized spacial score (nSPS) is 17.8. The van der Waals surface area contributed by atoms with E-state index in [1.807, 2.05) is 20.8 Å². The van der Waals surface area contributed by atoms with Gasteiger partial charge in [-0.15, -0.1) is 0 Å². The van der Waals surface area contributed by atoms with Crippen LogP contribution in [0.5, 0.6) is 0 Å². The lowest BCUT2D eigenvalue weighted by Crippen LogP contribution is -2.24. The molecule has 94 valence electrons. The number of carbonyl (C=O) groups is 1. The molecule has 1 aliphatic heterocycles. The number of ether oxygens (including phenoxy) is 1. The van der Waals surface area contributed by atoms with E-state index in [4.69, 9.17) is 4.74 Å². The maximum Gasteiger partial charge on any atom is 0.338 e. The number of hydrogen-bond donors (Lipinski definition) is 1. The molecule has 0 aromatic carbocycles. The number of nitrogens with one attached hydrogen (secondary N) is 1. The van der Waals surface area contributed by atoms with E-state index in [1.54, 1.807) is 30.5 Å². The molecule has 18 heavy (non-hydrogen) atoms. The zero-order valence-electron chi connectivity index (χ0n) is 10.6. The first-order chi connectivity index (χ1) is 8.46. The average molecular weight is 245 g/mol. The Balaban J connectivity index is 2.21. The highest BCUT2D eigenvalue weighted by Crippen LogP contribution is 2.15. The molecule has 0 unspecified atom stereocenters. The van der Waals surface area contributed by atoms with Gasteiger partial charge >= 0.3 is 5.97 Å². The van der Waals surface area contributed by atoms with E-state index in [1.165, 1.54) is 0 Å². The molecule has 1 N–H and O–H groups in total. The molecule has 0 fully saturated rings. The molecule has 5 heteroatoms. The molecule has 0 spiro atoms. The topological polar surface area (TPSA) is 63.0 Å². The van der Waals surface area contributed by atoms with E-state index in [0.717, 1.165) is 11.3 Å². The van der Waals surface area contributed by atoms with Crippen molar-refractivity contribution in [3.05, 3.63) is 35.5 Å². The predicted octanol–water partition coefficient (Wildman–Crippen LogP) is 1.70. The van der Waals surface area contributed by atoms with Gasteiger partial charge in [0.25, 0.3) is 0 Å². The van der Waals surface area contributed by atoms with Crippen LogP contribution in [0.3, 0.4) is 0 Å². The molecule has 1 aliphatic carbocycles. The van der Waals surface area contributed by atoms with Gasteiger partial charge in [0, 0.05) is 5.57 Å². The Hall–Kier alpha value is -2.17. The van der Waals surface area contributed by atoms with Crippen molar-refractivity contribution in [1.29, 1.82) is 0 Å². The van der Waals surface area contributed by atoms with Gasteiger partial charge in [0.2, 0.25) is 0 Å². The highest BCUT2D eigenvalue weighted by molar-refractivity contribution is 6.23. The number of fused-ring (bicyclic) bond motifs is 1. The second-order valence-electron chi connectivity index (χ2n) is 4.93. The number of hydrazone groups is 2. The van der Waals surface area contributed by atoms with Crippen LogP contribution in [0, 0.1) is 0 Å². The van der Waals surface area contributed by atoms with Gasteiger partial charge in [-0.1, -0.05) is 6.08 Å². The van der Waals surface area contributed by atoms with Crippen LogP contribution in [0.1, 0.15) is 20.8 Å². The summed E-state index contributed by atoms with van der Waals surface area (Å²) in [5.74, 6) is -0.347. The molecule has 0 atom stereocenters. The third-order valence-electron chi connectivity index (χ3n) is 2.23. The Kier molecular flexibility index (Phi) is 3.14. The highest BCUT2D eigenvalue weighted by atomic mass is 16.6. The Labute approximate surface area is 106 Å². The van der Waals surface area contributed by atoms with Crippen LogP contribution in [-0.2, 0) is 9.53 Å². The summed E-state index contributed by atoms with van der Waals surface area (Å²) in [5.41, 5.74) is 4.09. The number of allylic oxidation sites excluding steroid dienone is 4. The summed E-state index contributed by atoms with van der Waals surface area (Å²) in [6, 6.07) is 0. The molecule has 0 aromatic rings. The van der Waals surface area contributed by atoms with Crippen molar-refractivity contribution in [2.24, 2.45) is 10.2 Å². The maximum absolute atomic E-state index is 11.9. The molecule has 2 rings (SSSR count). The number of rotatable bonds is 1. The van der Waals surface area contributed by atoms with Crippen molar-refractivity contribution in [2.45, 2.75) is 26.4 Å². The first kappa shape index (κ1) is 12.3. The predicted molar refractivity (Wildman–Crippen MR) is 70.2 cm³/mol. The van der Waals surface area contributed by atoms with Gasteiger partial charge in [0.15, 0.2) is 0 Å². The van der Waals surface area contributed by atoms with Crippen LogP contribution in [0.2, 0.25) is 0 Å². The van der Waals surface area contributed by atoms with Gasteiger partial charge in [0.1, 0.15) is 5.60 Å². The van der Waals surface area contributed by atoms with Crippen LogP contribution in [-0.4, -0.2) is 23.5 Å². The van der Waals surface area contributed by atoms with Gasteiger partial charge in [-0.25, -0.2) is 4.79 Å². The smallest absolute Gasteiger partial charge is 0.338 e. The lowest BCUT2D eigenvalue weighted by molar-refractivity contribution is -0.149. The van der Waals surface area contributed by atoms with E-state index >= 15 is 0 Å². The molecule has 0 amide bonds. The van der Waals surface area contributed by atoms with Crippen molar-refractivity contribution in [2.75, 3.05) is 0 Å². The van der Waals surface area contributed by atoms with Gasteiger partial charge in [-0.05, 0) is 39.0 Å².